The van der Waals surface area contributed by atoms with E-state index in [0.29, 0.717) is 12.1 Å². The van der Waals surface area contributed by atoms with E-state index < -0.39 is 0 Å². The minimum atomic E-state index is -0.284. The number of anilines is 1. The van der Waals surface area contributed by atoms with Crippen molar-refractivity contribution in [2.24, 2.45) is 0 Å². The van der Waals surface area contributed by atoms with Crippen LogP contribution in [-0.2, 0) is 9.53 Å². The van der Waals surface area contributed by atoms with E-state index in [2.05, 4.69) is 30.0 Å². The van der Waals surface area contributed by atoms with Gasteiger partial charge in [0, 0.05) is 17.8 Å². The molecular weight excluding hydrogens is 214 g/mol. The molecular formula is C14H19NO2. The second kappa shape index (κ2) is 6.09. The number of rotatable bonds is 4. The molecule has 0 radical (unpaired) electrons. The van der Waals surface area contributed by atoms with Gasteiger partial charge in [-0.1, -0.05) is 18.2 Å². The smallest absolute Gasteiger partial charge is 0.333 e. The van der Waals surface area contributed by atoms with E-state index in [4.69, 9.17) is 0 Å². The second-order valence-corrected chi connectivity index (χ2v) is 4.01. The van der Waals surface area contributed by atoms with Gasteiger partial charge in [0.25, 0.3) is 0 Å². The third-order valence-corrected chi connectivity index (χ3v) is 2.81. The molecule has 17 heavy (non-hydrogen) atoms. The summed E-state index contributed by atoms with van der Waals surface area (Å²) in [5.74, 6) is -0.284. The van der Waals surface area contributed by atoms with Crippen molar-refractivity contribution in [1.82, 2.24) is 0 Å². The monoisotopic (exact) mass is 233 g/mol. The Bertz CT molecular complexity index is 436. The Morgan fingerprint density at radius 2 is 2.12 bits per heavy atom. The molecule has 0 aliphatic rings. The first-order valence-corrected chi connectivity index (χ1v) is 5.61. The summed E-state index contributed by atoms with van der Waals surface area (Å²) in [7, 11) is 1.39. The van der Waals surface area contributed by atoms with Crippen LogP contribution in [0.15, 0.2) is 29.8 Å². The fraction of sp³-hybridized carbons (Fsp3) is 0.357. The fourth-order valence-electron chi connectivity index (χ4n) is 1.50. The highest BCUT2D eigenvalue weighted by Gasteiger charge is 2.02. The third kappa shape index (κ3) is 3.63. The van der Waals surface area contributed by atoms with Gasteiger partial charge in [-0.15, -0.1) is 0 Å². The molecule has 0 saturated carbocycles. The van der Waals surface area contributed by atoms with E-state index in [0.717, 1.165) is 5.69 Å². The Morgan fingerprint density at radius 3 is 2.76 bits per heavy atom. The molecule has 0 aromatic heterocycles. The quantitative estimate of drug-likeness (QED) is 0.642. The summed E-state index contributed by atoms with van der Waals surface area (Å²) in [6.07, 6.45) is 1.83. The van der Waals surface area contributed by atoms with Gasteiger partial charge in [-0.25, -0.2) is 4.79 Å². The van der Waals surface area contributed by atoms with E-state index in [-0.39, 0.29) is 5.97 Å². The molecule has 0 aliphatic carbocycles. The van der Waals surface area contributed by atoms with Gasteiger partial charge in [0.05, 0.1) is 7.11 Å². The van der Waals surface area contributed by atoms with Crippen LogP contribution in [0.5, 0.6) is 0 Å². The highest BCUT2D eigenvalue weighted by Crippen LogP contribution is 2.17. The topological polar surface area (TPSA) is 38.3 Å². The Labute approximate surface area is 102 Å². The lowest BCUT2D eigenvalue weighted by Gasteiger charge is -2.09. The van der Waals surface area contributed by atoms with Gasteiger partial charge in [-0.3, -0.25) is 0 Å². The number of carbonyl (C=O) groups is 1. The first-order valence-electron chi connectivity index (χ1n) is 5.61. The van der Waals surface area contributed by atoms with Gasteiger partial charge < -0.3 is 10.1 Å². The van der Waals surface area contributed by atoms with Crippen molar-refractivity contribution in [2.75, 3.05) is 19.0 Å². The molecule has 0 fully saturated rings. The van der Waals surface area contributed by atoms with Gasteiger partial charge >= 0.3 is 5.97 Å². The SMILES string of the molecule is COC(=O)/C(C)=C/CNc1cccc(C)c1C. The van der Waals surface area contributed by atoms with Gasteiger partial charge in [-0.05, 0) is 38.0 Å². The first kappa shape index (κ1) is 13.3. The lowest BCUT2D eigenvalue weighted by atomic mass is 10.1. The lowest BCUT2D eigenvalue weighted by molar-refractivity contribution is -0.136. The Kier molecular flexibility index (Phi) is 4.76. The number of aryl methyl sites for hydroxylation is 1. The zero-order valence-corrected chi connectivity index (χ0v) is 10.8. The van der Waals surface area contributed by atoms with E-state index >= 15 is 0 Å². The van der Waals surface area contributed by atoms with Gasteiger partial charge in [0.15, 0.2) is 0 Å². The van der Waals surface area contributed by atoms with E-state index in [1.54, 1.807) is 6.92 Å². The average molecular weight is 233 g/mol. The maximum absolute atomic E-state index is 11.2. The van der Waals surface area contributed by atoms with E-state index in [1.165, 1.54) is 18.2 Å². The predicted molar refractivity (Wildman–Crippen MR) is 70.2 cm³/mol. The molecule has 0 bridgehead atoms. The highest BCUT2D eigenvalue weighted by atomic mass is 16.5. The summed E-state index contributed by atoms with van der Waals surface area (Å²) in [5, 5.41) is 3.28. The molecule has 1 aromatic carbocycles. The molecule has 3 nitrogen and oxygen atoms in total. The minimum absolute atomic E-state index is 0.284. The molecule has 0 amide bonds. The molecule has 1 N–H and O–H groups in total. The lowest BCUT2D eigenvalue weighted by Crippen LogP contribution is -2.06. The van der Waals surface area contributed by atoms with E-state index in [1.807, 2.05) is 18.2 Å². The van der Waals surface area contributed by atoms with Crippen molar-refractivity contribution in [1.29, 1.82) is 0 Å². The normalized spacial score (nSPS) is 11.2. The standard InChI is InChI=1S/C14H19NO2/c1-10-6-5-7-13(12(10)3)15-9-8-11(2)14(16)17-4/h5-8,15H,9H2,1-4H3/b11-8+. The number of ether oxygens (including phenoxy) is 1. The van der Waals surface area contributed by atoms with Crippen LogP contribution in [0.2, 0.25) is 0 Å². The molecule has 1 rings (SSSR count). The van der Waals surface area contributed by atoms with Crippen molar-refractivity contribution in [3.8, 4) is 0 Å². The second-order valence-electron chi connectivity index (χ2n) is 4.01. The molecule has 0 heterocycles. The van der Waals surface area contributed by atoms with E-state index in [9.17, 15) is 4.79 Å². The maximum Gasteiger partial charge on any atom is 0.333 e. The third-order valence-electron chi connectivity index (χ3n) is 2.81. The minimum Gasteiger partial charge on any atom is -0.466 e. The largest absolute Gasteiger partial charge is 0.466 e. The number of methoxy groups -OCH3 is 1. The highest BCUT2D eigenvalue weighted by molar-refractivity contribution is 5.87. The number of hydrogen-bond donors (Lipinski definition) is 1. The molecule has 0 spiro atoms. The average Bonchev–Trinajstić information content (AvgIpc) is 2.33. The summed E-state index contributed by atoms with van der Waals surface area (Å²) >= 11 is 0. The summed E-state index contributed by atoms with van der Waals surface area (Å²) < 4.78 is 4.62. The molecule has 1 aromatic rings. The van der Waals surface area contributed by atoms with Crippen LogP contribution < -0.4 is 5.32 Å². The summed E-state index contributed by atoms with van der Waals surface area (Å²) in [6.45, 7) is 6.52. The van der Waals surface area contributed by atoms with Gasteiger partial charge in [0.1, 0.15) is 0 Å². The maximum atomic E-state index is 11.2. The first-order chi connectivity index (χ1) is 8.06. The Morgan fingerprint density at radius 1 is 1.41 bits per heavy atom. The molecule has 3 heteroatoms. The van der Waals surface area contributed by atoms with Crippen molar-refractivity contribution < 1.29 is 9.53 Å². The summed E-state index contributed by atoms with van der Waals surface area (Å²) in [4.78, 5) is 11.2. The van der Waals surface area contributed by atoms with Crippen molar-refractivity contribution in [3.63, 3.8) is 0 Å². The van der Waals surface area contributed by atoms with Crippen LogP contribution in [0, 0.1) is 13.8 Å². The molecule has 0 atom stereocenters. The van der Waals surface area contributed by atoms with Crippen LogP contribution in [0.1, 0.15) is 18.1 Å². The number of esters is 1. The van der Waals surface area contributed by atoms with Crippen LogP contribution >= 0.6 is 0 Å². The van der Waals surface area contributed by atoms with Gasteiger partial charge in [0.2, 0.25) is 0 Å². The van der Waals surface area contributed by atoms with Crippen LogP contribution in [0.3, 0.4) is 0 Å². The summed E-state index contributed by atoms with van der Waals surface area (Å²) in [5.41, 5.74) is 4.20. The van der Waals surface area contributed by atoms with Crippen LogP contribution in [-0.4, -0.2) is 19.6 Å². The van der Waals surface area contributed by atoms with Gasteiger partial charge in [-0.2, -0.15) is 0 Å². The fourth-order valence-corrected chi connectivity index (χ4v) is 1.50. The number of benzene rings is 1. The Balaban J connectivity index is 2.63. The molecule has 92 valence electrons. The zero-order chi connectivity index (χ0) is 12.8. The molecule has 0 saturated heterocycles. The van der Waals surface area contributed by atoms with Crippen molar-refractivity contribution in [3.05, 3.63) is 41.0 Å². The zero-order valence-electron chi connectivity index (χ0n) is 10.8. The van der Waals surface area contributed by atoms with Crippen molar-refractivity contribution >= 4 is 11.7 Å². The number of nitrogens with one attached hydrogen (secondary N) is 1. The molecule has 0 unspecified atom stereocenters. The van der Waals surface area contributed by atoms with Crippen molar-refractivity contribution in [2.45, 2.75) is 20.8 Å². The number of carbonyl (C=O) groups excluding carboxylic acids is 1. The molecule has 0 aliphatic heterocycles. The van der Waals surface area contributed by atoms with Crippen LogP contribution in [0.4, 0.5) is 5.69 Å². The van der Waals surface area contributed by atoms with Crippen LogP contribution in [0.25, 0.3) is 0 Å². The Hall–Kier alpha value is -1.77. The summed E-state index contributed by atoms with van der Waals surface area (Å²) in [6, 6.07) is 6.13. The number of hydrogen-bond acceptors (Lipinski definition) is 3. The predicted octanol–water partition coefficient (Wildman–Crippen LogP) is 2.83.